The number of hydrogen-bond acceptors (Lipinski definition) is 2. The van der Waals surface area contributed by atoms with Gasteiger partial charge >= 0.3 is 0 Å². The zero-order chi connectivity index (χ0) is 11.7. The Morgan fingerprint density at radius 1 is 0.750 bits per heavy atom. The van der Waals surface area contributed by atoms with Gasteiger partial charge in [-0.15, -0.1) is 0 Å². The summed E-state index contributed by atoms with van der Waals surface area (Å²) in [7, 11) is 0. The molecule has 0 saturated heterocycles. The van der Waals surface area contributed by atoms with Crippen molar-refractivity contribution in [3.8, 4) is 0 Å². The van der Waals surface area contributed by atoms with Crippen LogP contribution in [0, 0.1) is 0 Å². The second-order valence-corrected chi connectivity index (χ2v) is 4.22. The van der Waals surface area contributed by atoms with E-state index in [9.17, 15) is 10.2 Å². The Bertz CT molecular complexity index is 458. The lowest BCUT2D eigenvalue weighted by Gasteiger charge is -2.09. The molecular formula is C14H16O2. The van der Waals surface area contributed by atoms with E-state index < -0.39 is 12.2 Å². The van der Waals surface area contributed by atoms with Gasteiger partial charge in [0.15, 0.2) is 0 Å². The Kier molecular flexibility index (Phi) is 2.95. The van der Waals surface area contributed by atoms with Gasteiger partial charge in [0.1, 0.15) is 0 Å². The fraction of sp³-hybridized carbons (Fsp3) is 0.286. The molecule has 2 nitrogen and oxygen atoms in total. The molecule has 0 aliphatic heterocycles. The summed E-state index contributed by atoms with van der Waals surface area (Å²) in [6, 6.07) is 11.8. The van der Waals surface area contributed by atoms with Gasteiger partial charge in [0.25, 0.3) is 0 Å². The summed E-state index contributed by atoms with van der Waals surface area (Å²) in [5, 5.41) is 21.2. The van der Waals surface area contributed by atoms with Crippen molar-refractivity contribution >= 4 is 10.8 Å². The fourth-order valence-electron chi connectivity index (χ4n) is 1.80. The first kappa shape index (κ1) is 11.1. The molecule has 0 aliphatic rings. The summed E-state index contributed by atoms with van der Waals surface area (Å²) in [6.07, 6.45) is -0.917. The molecule has 2 unspecified atom stereocenters. The van der Waals surface area contributed by atoms with E-state index in [1.54, 1.807) is 13.8 Å². The molecule has 2 aromatic rings. The number of benzene rings is 2. The first-order valence-corrected chi connectivity index (χ1v) is 5.47. The molecule has 0 aliphatic carbocycles. The summed E-state index contributed by atoms with van der Waals surface area (Å²) in [5.41, 5.74) is 1.80. The number of aliphatic hydroxyl groups is 2. The molecule has 0 fully saturated rings. The molecule has 0 bridgehead atoms. The van der Waals surface area contributed by atoms with Crippen LogP contribution in [0.25, 0.3) is 10.8 Å². The summed E-state index contributed by atoms with van der Waals surface area (Å²) in [4.78, 5) is 0. The number of aliphatic hydroxyl groups excluding tert-OH is 2. The highest BCUT2D eigenvalue weighted by atomic mass is 16.3. The molecule has 0 amide bonds. The predicted octanol–water partition coefficient (Wildman–Crippen LogP) is 2.95. The van der Waals surface area contributed by atoms with Crippen molar-refractivity contribution in [2.24, 2.45) is 0 Å². The van der Waals surface area contributed by atoms with Crippen molar-refractivity contribution in [3.05, 3.63) is 47.5 Å². The van der Waals surface area contributed by atoms with Gasteiger partial charge in [-0.3, -0.25) is 0 Å². The molecule has 2 heteroatoms. The number of hydrogen-bond donors (Lipinski definition) is 2. The van der Waals surface area contributed by atoms with Crippen LogP contribution in [0.2, 0.25) is 0 Å². The highest BCUT2D eigenvalue weighted by molar-refractivity contribution is 5.84. The third-order valence-electron chi connectivity index (χ3n) is 2.85. The lowest BCUT2D eigenvalue weighted by molar-refractivity contribution is 0.199. The molecule has 0 saturated carbocycles. The SMILES string of the molecule is CC(O)c1ccc2ccc(C(C)O)cc2c1. The van der Waals surface area contributed by atoms with Crippen LogP contribution in [0.1, 0.15) is 37.2 Å². The molecule has 84 valence electrons. The van der Waals surface area contributed by atoms with Gasteiger partial charge in [-0.05, 0) is 47.9 Å². The zero-order valence-electron chi connectivity index (χ0n) is 9.51. The molecule has 0 radical (unpaired) electrons. The zero-order valence-corrected chi connectivity index (χ0v) is 9.51. The van der Waals surface area contributed by atoms with Crippen molar-refractivity contribution in [1.29, 1.82) is 0 Å². The Hall–Kier alpha value is -1.38. The van der Waals surface area contributed by atoms with Gasteiger partial charge in [0.2, 0.25) is 0 Å². The Balaban J connectivity index is 2.56. The van der Waals surface area contributed by atoms with Gasteiger partial charge in [-0.25, -0.2) is 0 Å². The maximum Gasteiger partial charge on any atom is 0.0762 e. The lowest BCUT2D eigenvalue weighted by Crippen LogP contribution is -1.93. The van der Waals surface area contributed by atoms with Crippen LogP contribution >= 0.6 is 0 Å². The van der Waals surface area contributed by atoms with Crippen LogP contribution in [0.3, 0.4) is 0 Å². The fourth-order valence-corrected chi connectivity index (χ4v) is 1.80. The largest absolute Gasteiger partial charge is 0.389 e. The van der Waals surface area contributed by atoms with E-state index in [-0.39, 0.29) is 0 Å². The molecular weight excluding hydrogens is 200 g/mol. The van der Waals surface area contributed by atoms with E-state index in [0.717, 1.165) is 21.9 Å². The Morgan fingerprint density at radius 3 is 1.56 bits per heavy atom. The van der Waals surface area contributed by atoms with Crippen molar-refractivity contribution in [2.45, 2.75) is 26.1 Å². The summed E-state index contributed by atoms with van der Waals surface area (Å²) in [5.74, 6) is 0. The maximum atomic E-state index is 9.51. The number of rotatable bonds is 2. The smallest absolute Gasteiger partial charge is 0.0762 e. The van der Waals surface area contributed by atoms with Crippen LogP contribution in [-0.2, 0) is 0 Å². The second kappa shape index (κ2) is 4.24. The summed E-state index contributed by atoms with van der Waals surface area (Å²) in [6.45, 7) is 3.50. The van der Waals surface area contributed by atoms with E-state index in [1.165, 1.54) is 0 Å². The Labute approximate surface area is 95.2 Å². The van der Waals surface area contributed by atoms with E-state index >= 15 is 0 Å². The van der Waals surface area contributed by atoms with E-state index in [1.807, 2.05) is 36.4 Å². The standard InChI is InChI=1S/C14H16O2/c1-9(15)12-5-3-11-4-6-13(10(2)16)8-14(11)7-12/h3-10,15-16H,1-2H3. The third kappa shape index (κ3) is 2.08. The molecule has 2 atom stereocenters. The monoisotopic (exact) mass is 216 g/mol. The average Bonchev–Trinajstić information content (AvgIpc) is 2.27. The van der Waals surface area contributed by atoms with Crippen molar-refractivity contribution in [3.63, 3.8) is 0 Å². The molecule has 0 aromatic heterocycles. The van der Waals surface area contributed by atoms with Crippen molar-refractivity contribution in [1.82, 2.24) is 0 Å². The highest BCUT2D eigenvalue weighted by Gasteiger charge is 2.04. The Morgan fingerprint density at radius 2 is 1.19 bits per heavy atom. The van der Waals surface area contributed by atoms with E-state index in [0.29, 0.717) is 0 Å². The average molecular weight is 216 g/mol. The molecule has 2 aromatic carbocycles. The van der Waals surface area contributed by atoms with E-state index in [4.69, 9.17) is 0 Å². The second-order valence-electron chi connectivity index (χ2n) is 4.22. The van der Waals surface area contributed by atoms with Crippen molar-refractivity contribution < 1.29 is 10.2 Å². The van der Waals surface area contributed by atoms with Gasteiger partial charge in [0.05, 0.1) is 12.2 Å². The van der Waals surface area contributed by atoms with Gasteiger partial charge < -0.3 is 10.2 Å². The quantitative estimate of drug-likeness (QED) is 0.810. The minimum atomic E-state index is -0.459. The summed E-state index contributed by atoms with van der Waals surface area (Å²) < 4.78 is 0. The molecule has 0 spiro atoms. The number of fused-ring (bicyclic) bond motifs is 1. The van der Waals surface area contributed by atoms with Crippen LogP contribution in [-0.4, -0.2) is 10.2 Å². The topological polar surface area (TPSA) is 40.5 Å². The van der Waals surface area contributed by atoms with E-state index in [2.05, 4.69) is 0 Å². The van der Waals surface area contributed by atoms with Crippen LogP contribution in [0.4, 0.5) is 0 Å². The van der Waals surface area contributed by atoms with Crippen LogP contribution in [0.5, 0.6) is 0 Å². The normalized spacial score (nSPS) is 15.0. The molecule has 2 N–H and O–H groups in total. The first-order valence-electron chi connectivity index (χ1n) is 5.47. The molecule has 16 heavy (non-hydrogen) atoms. The highest BCUT2D eigenvalue weighted by Crippen LogP contribution is 2.23. The van der Waals surface area contributed by atoms with Gasteiger partial charge in [-0.2, -0.15) is 0 Å². The minimum absolute atomic E-state index is 0.459. The van der Waals surface area contributed by atoms with Crippen LogP contribution < -0.4 is 0 Å². The molecule has 2 rings (SSSR count). The van der Waals surface area contributed by atoms with Crippen LogP contribution in [0.15, 0.2) is 36.4 Å². The summed E-state index contributed by atoms with van der Waals surface area (Å²) >= 11 is 0. The maximum absolute atomic E-state index is 9.51. The van der Waals surface area contributed by atoms with Gasteiger partial charge in [0, 0.05) is 0 Å². The molecule has 0 heterocycles. The lowest BCUT2D eigenvalue weighted by atomic mass is 10.0. The van der Waals surface area contributed by atoms with Crippen molar-refractivity contribution in [2.75, 3.05) is 0 Å². The van der Waals surface area contributed by atoms with Gasteiger partial charge in [-0.1, -0.05) is 24.3 Å². The minimum Gasteiger partial charge on any atom is -0.389 e. The first-order chi connectivity index (χ1) is 7.58. The third-order valence-corrected chi connectivity index (χ3v) is 2.85. The predicted molar refractivity (Wildman–Crippen MR) is 65.2 cm³/mol.